The highest BCUT2D eigenvalue weighted by Gasteiger charge is 2.67. The summed E-state index contributed by atoms with van der Waals surface area (Å²) in [7, 11) is 0. The quantitative estimate of drug-likeness (QED) is 0.760. The topological polar surface area (TPSA) is 58.2 Å². The van der Waals surface area contributed by atoms with Gasteiger partial charge in [-0.2, -0.15) is 0 Å². The average Bonchev–Trinajstić information content (AvgIpc) is 3.04. The summed E-state index contributed by atoms with van der Waals surface area (Å²) >= 11 is 12.0. The highest BCUT2D eigenvalue weighted by Crippen LogP contribution is 2.63. The van der Waals surface area contributed by atoms with E-state index in [0.29, 0.717) is 13.0 Å². The predicted octanol–water partition coefficient (Wildman–Crippen LogP) is 3.87. The second-order valence-electron chi connectivity index (χ2n) is 6.39. The Morgan fingerprint density at radius 2 is 2.00 bits per heavy atom. The first-order valence-corrected chi connectivity index (χ1v) is 8.51. The maximum absolute atomic E-state index is 12.2. The molecule has 2 amide bonds. The van der Waals surface area contributed by atoms with Gasteiger partial charge in [-0.15, -0.1) is 23.2 Å². The van der Waals surface area contributed by atoms with E-state index >= 15 is 0 Å². The number of amides is 2. The minimum absolute atomic E-state index is 0.00626. The molecule has 1 saturated carbocycles. The van der Waals surface area contributed by atoms with Crippen molar-refractivity contribution in [3.63, 3.8) is 0 Å². The zero-order valence-electron chi connectivity index (χ0n) is 13.6. The molecule has 126 valence electrons. The fourth-order valence-electron chi connectivity index (χ4n) is 2.23. The summed E-state index contributed by atoms with van der Waals surface area (Å²) in [5.74, 6) is -0.196. The van der Waals surface area contributed by atoms with Crippen LogP contribution in [0.4, 0.5) is 5.69 Å². The maximum Gasteiger partial charge on any atom is 0.229 e. The Balaban J connectivity index is 1.93. The number of carbonyl (C=O) groups is 2. The van der Waals surface area contributed by atoms with Gasteiger partial charge < -0.3 is 10.6 Å². The molecule has 6 heteroatoms. The van der Waals surface area contributed by atoms with Crippen molar-refractivity contribution in [2.24, 2.45) is 11.3 Å². The first-order chi connectivity index (χ1) is 10.7. The van der Waals surface area contributed by atoms with Crippen molar-refractivity contribution in [1.82, 2.24) is 5.32 Å². The van der Waals surface area contributed by atoms with Gasteiger partial charge in [0.2, 0.25) is 11.8 Å². The van der Waals surface area contributed by atoms with Gasteiger partial charge in [-0.25, -0.2) is 0 Å². The van der Waals surface area contributed by atoms with Crippen LogP contribution in [0, 0.1) is 11.3 Å². The molecule has 0 saturated heterocycles. The maximum atomic E-state index is 12.2. The van der Waals surface area contributed by atoms with E-state index in [2.05, 4.69) is 10.6 Å². The zero-order chi connectivity index (χ0) is 17.3. The number of rotatable bonds is 6. The van der Waals surface area contributed by atoms with Crippen molar-refractivity contribution >= 4 is 40.7 Å². The van der Waals surface area contributed by atoms with Crippen LogP contribution < -0.4 is 10.6 Å². The van der Waals surface area contributed by atoms with Crippen LogP contribution in [0.15, 0.2) is 24.3 Å². The number of nitrogens with one attached hydrogen (secondary N) is 2. The van der Waals surface area contributed by atoms with Gasteiger partial charge in [-0.3, -0.25) is 9.59 Å². The fraction of sp³-hybridized carbons (Fsp3) is 0.529. The summed E-state index contributed by atoms with van der Waals surface area (Å²) in [5.41, 5.74) is 0.904. The highest BCUT2D eigenvalue weighted by atomic mass is 35.5. The number of alkyl halides is 2. The Hall–Kier alpha value is -1.26. The van der Waals surface area contributed by atoms with Crippen molar-refractivity contribution in [2.75, 3.05) is 5.32 Å². The molecule has 2 atom stereocenters. The monoisotopic (exact) mass is 356 g/mol. The van der Waals surface area contributed by atoms with Gasteiger partial charge in [0.25, 0.3) is 0 Å². The molecule has 1 aliphatic carbocycles. The summed E-state index contributed by atoms with van der Waals surface area (Å²) in [4.78, 5) is 24.1. The summed E-state index contributed by atoms with van der Waals surface area (Å²) < 4.78 is -0.969. The predicted molar refractivity (Wildman–Crippen MR) is 93.5 cm³/mol. The Labute approximate surface area is 146 Å². The molecule has 0 aliphatic heterocycles. The molecule has 0 aromatic heterocycles. The second kappa shape index (κ2) is 6.70. The van der Waals surface area contributed by atoms with Gasteiger partial charge in [0.1, 0.15) is 4.33 Å². The van der Waals surface area contributed by atoms with E-state index in [0.717, 1.165) is 17.7 Å². The third kappa shape index (κ3) is 3.99. The van der Waals surface area contributed by atoms with Crippen molar-refractivity contribution < 1.29 is 9.59 Å². The molecule has 1 fully saturated rings. The molecular weight excluding hydrogens is 335 g/mol. The first kappa shape index (κ1) is 18.1. The molecule has 0 radical (unpaired) electrons. The molecule has 1 aromatic rings. The van der Waals surface area contributed by atoms with Gasteiger partial charge in [0.05, 0.1) is 5.41 Å². The van der Waals surface area contributed by atoms with Crippen molar-refractivity contribution in [1.29, 1.82) is 0 Å². The number of anilines is 1. The van der Waals surface area contributed by atoms with Crippen LogP contribution in [0.2, 0.25) is 0 Å². The second-order valence-corrected chi connectivity index (χ2v) is 7.88. The lowest BCUT2D eigenvalue weighted by Crippen LogP contribution is -2.32. The molecule has 4 nitrogen and oxygen atoms in total. The van der Waals surface area contributed by atoms with Crippen LogP contribution in [0.3, 0.4) is 0 Å². The van der Waals surface area contributed by atoms with Gasteiger partial charge in [0, 0.05) is 18.2 Å². The third-order valence-corrected chi connectivity index (χ3v) is 5.57. The fourth-order valence-corrected chi connectivity index (χ4v) is 2.94. The van der Waals surface area contributed by atoms with E-state index in [1.807, 2.05) is 38.1 Å². The van der Waals surface area contributed by atoms with E-state index in [-0.39, 0.29) is 17.7 Å². The highest BCUT2D eigenvalue weighted by molar-refractivity contribution is 6.53. The minimum Gasteiger partial charge on any atom is -0.351 e. The van der Waals surface area contributed by atoms with Gasteiger partial charge in [-0.1, -0.05) is 26.0 Å². The Kier molecular flexibility index (Phi) is 5.27. The first-order valence-electron chi connectivity index (χ1n) is 7.75. The largest absolute Gasteiger partial charge is 0.351 e. The lowest BCUT2D eigenvalue weighted by Gasteiger charge is -2.14. The Bertz CT molecular complexity index is 618. The number of halogens is 2. The van der Waals surface area contributed by atoms with Crippen LogP contribution in [-0.4, -0.2) is 16.1 Å². The molecule has 1 aromatic carbocycles. The average molecular weight is 357 g/mol. The smallest absolute Gasteiger partial charge is 0.229 e. The minimum atomic E-state index is -0.969. The van der Waals surface area contributed by atoms with Crippen LogP contribution >= 0.6 is 23.2 Å². The van der Waals surface area contributed by atoms with Gasteiger partial charge >= 0.3 is 0 Å². The third-order valence-electron chi connectivity index (χ3n) is 4.47. The molecule has 1 aliphatic rings. The Morgan fingerprint density at radius 1 is 1.35 bits per heavy atom. The summed E-state index contributed by atoms with van der Waals surface area (Å²) in [6.07, 6.45) is 1.25. The summed E-state index contributed by atoms with van der Waals surface area (Å²) in [6, 6.07) is 7.42. The molecule has 0 spiro atoms. The van der Waals surface area contributed by atoms with Crippen LogP contribution in [0.25, 0.3) is 0 Å². The van der Waals surface area contributed by atoms with Crippen LogP contribution in [0.1, 0.15) is 39.2 Å². The molecule has 0 bridgehead atoms. The van der Waals surface area contributed by atoms with Crippen LogP contribution in [-0.2, 0) is 16.1 Å². The number of carbonyl (C=O) groups excluding carboxylic acids is 2. The lowest BCUT2D eigenvalue weighted by atomic mass is 10.1. The van der Waals surface area contributed by atoms with E-state index in [4.69, 9.17) is 23.2 Å². The number of hydrogen-bond donors (Lipinski definition) is 2. The molecule has 2 N–H and O–H groups in total. The molecule has 0 heterocycles. The summed E-state index contributed by atoms with van der Waals surface area (Å²) in [6.45, 7) is 5.99. The van der Waals surface area contributed by atoms with Crippen molar-refractivity contribution in [2.45, 2.75) is 44.5 Å². The SMILES string of the molecule is CC[C@@H](C)C(=O)Nc1cccc(CNC(=O)[C@@]2(C)CC2(Cl)Cl)c1. The van der Waals surface area contributed by atoms with E-state index in [1.165, 1.54) is 0 Å². The lowest BCUT2D eigenvalue weighted by molar-refractivity contribution is -0.126. The normalized spacial score (nSPS) is 23.0. The number of hydrogen-bond acceptors (Lipinski definition) is 2. The van der Waals surface area contributed by atoms with Gasteiger partial charge in [0.15, 0.2) is 0 Å². The standard InChI is InChI=1S/C17H22Cl2N2O2/c1-4-11(2)14(22)21-13-7-5-6-12(8-13)9-20-15(23)16(3)10-17(16,18)19/h5-8,11H,4,9-10H2,1-3H3,(H,20,23)(H,21,22)/t11-,16-/m1/s1. The Morgan fingerprint density at radius 3 is 2.57 bits per heavy atom. The number of benzene rings is 1. The zero-order valence-corrected chi connectivity index (χ0v) is 15.1. The molecule has 2 rings (SSSR count). The van der Waals surface area contributed by atoms with E-state index in [1.54, 1.807) is 6.92 Å². The van der Waals surface area contributed by atoms with Crippen molar-refractivity contribution in [3.8, 4) is 0 Å². The van der Waals surface area contributed by atoms with Crippen molar-refractivity contribution in [3.05, 3.63) is 29.8 Å². The molecule has 23 heavy (non-hydrogen) atoms. The van der Waals surface area contributed by atoms with Crippen LogP contribution in [0.5, 0.6) is 0 Å². The molecular formula is C17H22Cl2N2O2. The van der Waals surface area contributed by atoms with E-state index in [9.17, 15) is 9.59 Å². The van der Waals surface area contributed by atoms with E-state index < -0.39 is 9.75 Å². The molecule has 0 unspecified atom stereocenters. The summed E-state index contributed by atoms with van der Waals surface area (Å²) in [5, 5.41) is 5.73. The van der Waals surface area contributed by atoms with Gasteiger partial charge in [-0.05, 0) is 37.5 Å².